The minimum atomic E-state index is 0.0892. The summed E-state index contributed by atoms with van der Waals surface area (Å²) >= 11 is 0. The second kappa shape index (κ2) is 8.15. The molecule has 1 heterocycles. The van der Waals surface area contributed by atoms with Crippen molar-refractivity contribution in [1.29, 1.82) is 0 Å². The zero-order valence-electron chi connectivity index (χ0n) is 13.2. The van der Waals surface area contributed by atoms with E-state index in [1.54, 1.807) is 0 Å². The van der Waals surface area contributed by atoms with Gasteiger partial charge in [0.25, 0.3) is 0 Å². The van der Waals surface area contributed by atoms with Gasteiger partial charge in [-0.3, -0.25) is 9.69 Å². The number of hydrogen-bond acceptors (Lipinski definition) is 3. The van der Waals surface area contributed by atoms with Crippen LogP contribution in [0.25, 0.3) is 0 Å². The van der Waals surface area contributed by atoms with Crippen LogP contribution in [0.15, 0.2) is 24.3 Å². The van der Waals surface area contributed by atoms with Gasteiger partial charge in [-0.05, 0) is 69.6 Å². The van der Waals surface area contributed by atoms with Gasteiger partial charge < -0.3 is 10.6 Å². The summed E-state index contributed by atoms with van der Waals surface area (Å²) in [5.74, 6) is 0.849. The molecule has 1 amide bonds. The van der Waals surface area contributed by atoms with Crippen LogP contribution in [-0.4, -0.2) is 44.0 Å². The summed E-state index contributed by atoms with van der Waals surface area (Å²) in [5.41, 5.74) is 2.18. The normalized spacial score (nSPS) is 16.9. The van der Waals surface area contributed by atoms with E-state index in [1.165, 1.54) is 18.4 Å². The summed E-state index contributed by atoms with van der Waals surface area (Å²) in [6, 6.07) is 8.10. The molecule has 4 heteroatoms. The number of nitrogens with zero attached hydrogens (tertiary/aromatic N) is 1. The Balaban J connectivity index is 1.74. The molecule has 116 valence electrons. The maximum Gasteiger partial charge on any atom is 0.238 e. The van der Waals surface area contributed by atoms with Gasteiger partial charge in [-0.15, -0.1) is 0 Å². The predicted octanol–water partition coefficient (Wildman–Crippen LogP) is 2.12. The van der Waals surface area contributed by atoms with E-state index in [2.05, 4.69) is 34.6 Å². The summed E-state index contributed by atoms with van der Waals surface area (Å²) in [7, 11) is 2.00. The summed E-state index contributed by atoms with van der Waals surface area (Å²) < 4.78 is 0. The van der Waals surface area contributed by atoms with Gasteiger partial charge in [0.05, 0.1) is 6.54 Å². The number of carbonyl (C=O) groups is 1. The van der Waals surface area contributed by atoms with Gasteiger partial charge in [0.1, 0.15) is 0 Å². The highest BCUT2D eigenvalue weighted by atomic mass is 16.2. The smallest absolute Gasteiger partial charge is 0.238 e. The lowest BCUT2D eigenvalue weighted by Crippen LogP contribution is -2.40. The van der Waals surface area contributed by atoms with Crippen molar-refractivity contribution >= 4 is 11.6 Å². The molecule has 4 nitrogen and oxygen atoms in total. The minimum Gasteiger partial charge on any atom is -0.325 e. The fourth-order valence-electron chi connectivity index (χ4n) is 2.86. The Hall–Kier alpha value is -1.39. The first-order valence-electron chi connectivity index (χ1n) is 7.97. The molecule has 0 radical (unpaired) electrons. The molecule has 1 saturated heterocycles. The van der Waals surface area contributed by atoms with Crippen molar-refractivity contribution in [3.05, 3.63) is 29.8 Å². The molecule has 1 aromatic carbocycles. The van der Waals surface area contributed by atoms with Gasteiger partial charge in [0.2, 0.25) is 5.91 Å². The lowest BCUT2D eigenvalue weighted by molar-refractivity contribution is -0.117. The van der Waals surface area contributed by atoms with Crippen LogP contribution in [0.5, 0.6) is 0 Å². The van der Waals surface area contributed by atoms with E-state index in [9.17, 15) is 4.79 Å². The monoisotopic (exact) mass is 289 g/mol. The first kappa shape index (κ1) is 16.0. The van der Waals surface area contributed by atoms with Gasteiger partial charge in [-0.25, -0.2) is 0 Å². The SMILES string of the molecule is CCc1ccc(NC(=O)CN2CCC(CNC)CC2)cc1. The maximum absolute atomic E-state index is 12.1. The number of carbonyl (C=O) groups excluding carboxylic acids is 1. The first-order chi connectivity index (χ1) is 10.2. The topological polar surface area (TPSA) is 44.4 Å². The molecule has 2 N–H and O–H groups in total. The minimum absolute atomic E-state index is 0.0892. The summed E-state index contributed by atoms with van der Waals surface area (Å²) in [6.45, 7) is 5.76. The highest BCUT2D eigenvalue weighted by molar-refractivity contribution is 5.92. The van der Waals surface area contributed by atoms with Crippen LogP contribution in [0.2, 0.25) is 0 Å². The number of hydrogen-bond donors (Lipinski definition) is 2. The Morgan fingerprint density at radius 3 is 2.48 bits per heavy atom. The maximum atomic E-state index is 12.1. The predicted molar refractivity (Wildman–Crippen MR) is 87.5 cm³/mol. The molecule has 21 heavy (non-hydrogen) atoms. The fraction of sp³-hybridized carbons (Fsp3) is 0.588. The number of amides is 1. The number of aryl methyl sites for hydroxylation is 1. The molecule has 0 saturated carbocycles. The lowest BCUT2D eigenvalue weighted by atomic mass is 9.97. The van der Waals surface area contributed by atoms with Crippen LogP contribution in [0.3, 0.4) is 0 Å². The average Bonchev–Trinajstić information content (AvgIpc) is 2.50. The van der Waals surface area contributed by atoms with E-state index in [-0.39, 0.29) is 5.91 Å². The highest BCUT2D eigenvalue weighted by Crippen LogP contribution is 2.16. The van der Waals surface area contributed by atoms with Crippen LogP contribution in [0.1, 0.15) is 25.3 Å². The second-order valence-corrected chi connectivity index (χ2v) is 5.88. The van der Waals surface area contributed by atoms with E-state index >= 15 is 0 Å². The van der Waals surface area contributed by atoms with Crippen molar-refractivity contribution in [2.45, 2.75) is 26.2 Å². The van der Waals surface area contributed by atoms with E-state index in [1.807, 2.05) is 19.2 Å². The number of likely N-dealkylation sites (tertiary alicyclic amines) is 1. The van der Waals surface area contributed by atoms with Crippen molar-refractivity contribution in [3.63, 3.8) is 0 Å². The van der Waals surface area contributed by atoms with Crippen LogP contribution >= 0.6 is 0 Å². The second-order valence-electron chi connectivity index (χ2n) is 5.88. The van der Waals surface area contributed by atoms with Crippen molar-refractivity contribution in [3.8, 4) is 0 Å². The number of benzene rings is 1. The first-order valence-corrected chi connectivity index (χ1v) is 7.97. The largest absolute Gasteiger partial charge is 0.325 e. The van der Waals surface area contributed by atoms with Crippen molar-refractivity contribution < 1.29 is 4.79 Å². The molecule has 1 aliphatic heterocycles. The molecule has 0 aromatic heterocycles. The summed E-state index contributed by atoms with van der Waals surface area (Å²) in [5, 5.41) is 6.22. The Morgan fingerprint density at radius 2 is 1.90 bits per heavy atom. The average molecular weight is 289 g/mol. The third-order valence-electron chi connectivity index (χ3n) is 4.21. The molecular weight excluding hydrogens is 262 g/mol. The van der Waals surface area contributed by atoms with Gasteiger partial charge >= 0.3 is 0 Å². The Kier molecular flexibility index (Phi) is 6.21. The molecule has 1 aliphatic rings. The molecule has 0 bridgehead atoms. The third-order valence-corrected chi connectivity index (χ3v) is 4.21. The number of rotatable bonds is 6. The fourth-order valence-corrected chi connectivity index (χ4v) is 2.86. The molecule has 0 aliphatic carbocycles. The number of piperidine rings is 1. The highest BCUT2D eigenvalue weighted by Gasteiger charge is 2.20. The van der Waals surface area contributed by atoms with Crippen molar-refractivity contribution in [2.24, 2.45) is 5.92 Å². The number of anilines is 1. The van der Waals surface area contributed by atoms with Crippen molar-refractivity contribution in [2.75, 3.05) is 38.5 Å². The van der Waals surface area contributed by atoms with Crippen LogP contribution in [0, 0.1) is 5.92 Å². The molecule has 2 rings (SSSR count). The van der Waals surface area contributed by atoms with Gasteiger partial charge in [-0.1, -0.05) is 19.1 Å². The zero-order chi connectivity index (χ0) is 15.1. The zero-order valence-corrected chi connectivity index (χ0v) is 13.2. The summed E-state index contributed by atoms with van der Waals surface area (Å²) in [4.78, 5) is 14.3. The van der Waals surface area contributed by atoms with E-state index in [0.717, 1.165) is 37.7 Å². The van der Waals surface area contributed by atoms with E-state index < -0.39 is 0 Å². The van der Waals surface area contributed by atoms with Crippen LogP contribution in [-0.2, 0) is 11.2 Å². The van der Waals surface area contributed by atoms with Crippen LogP contribution in [0.4, 0.5) is 5.69 Å². The molecule has 1 fully saturated rings. The standard InChI is InChI=1S/C17H27N3O/c1-3-14-4-6-16(7-5-14)19-17(21)13-20-10-8-15(9-11-20)12-18-2/h4-7,15,18H,3,8-13H2,1-2H3,(H,19,21). The lowest BCUT2D eigenvalue weighted by Gasteiger charge is -2.31. The Labute approximate surface area is 127 Å². The molecular formula is C17H27N3O. The van der Waals surface area contributed by atoms with E-state index in [0.29, 0.717) is 6.54 Å². The third kappa shape index (κ3) is 5.14. The van der Waals surface area contributed by atoms with Gasteiger partial charge in [0.15, 0.2) is 0 Å². The van der Waals surface area contributed by atoms with Crippen LogP contribution < -0.4 is 10.6 Å². The van der Waals surface area contributed by atoms with Gasteiger partial charge in [0, 0.05) is 5.69 Å². The quantitative estimate of drug-likeness (QED) is 0.843. The molecule has 1 aromatic rings. The molecule has 0 spiro atoms. The summed E-state index contributed by atoms with van der Waals surface area (Å²) in [6.07, 6.45) is 3.38. The Morgan fingerprint density at radius 1 is 1.24 bits per heavy atom. The van der Waals surface area contributed by atoms with Crippen molar-refractivity contribution in [1.82, 2.24) is 10.2 Å². The van der Waals surface area contributed by atoms with E-state index in [4.69, 9.17) is 0 Å². The van der Waals surface area contributed by atoms with Gasteiger partial charge in [-0.2, -0.15) is 0 Å². The Bertz CT molecular complexity index is 436. The molecule has 0 atom stereocenters. The molecule has 0 unspecified atom stereocenters. The number of nitrogens with one attached hydrogen (secondary N) is 2.